The van der Waals surface area contributed by atoms with Gasteiger partial charge in [-0.3, -0.25) is 15.6 Å². The standard InChI is InChI=1S/C11H16N4O3S/c1-15(8-3-5-19(17,18)7-8)11(16)9-6-13-4-2-10(9)14-12/h2,4,6,8H,3,5,7,12H2,1H3,(H,13,14). The first-order valence-electron chi connectivity index (χ1n) is 5.83. The van der Waals surface area contributed by atoms with Gasteiger partial charge in [0.25, 0.3) is 5.91 Å². The van der Waals surface area contributed by atoms with Crippen LogP contribution in [0.15, 0.2) is 18.5 Å². The minimum atomic E-state index is -3.02. The maximum Gasteiger partial charge on any atom is 0.257 e. The van der Waals surface area contributed by atoms with E-state index in [1.165, 1.54) is 17.3 Å². The minimum absolute atomic E-state index is 0.0148. The number of anilines is 1. The Kier molecular flexibility index (Phi) is 3.72. The van der Waals surface area contributed by atoms with Gasteiger partial charge in [-0.25, -0.2) is 8.42 Å². The molecule has 1 aromatic heterocycles. The first kappa shape index (κ1) is 13.8. The normalized spacial score (nSPS) is 21.1. The highest BCUT2D eigenvalue weighted by atomic mass is 32.2. The number of amides is 1. The molecule has 0 radical (unpaired) electrons. The summed E-state index contributed by atoms with van der Waals surface area (Å²) in [5.41, 5.74) is 3.23. The van der Waals surface area contributed by atoms with Crippen LogP contribution in [0.5, 0.6) is 0 Å². The summed E-state index contributed by atoms with van der Waals surface area (Å²) >= 11 is 0. The van der Waals surface area contributed by atoms with Gasteiger partial charge in [-0.15, -0.1) is 0 Å². The largest absolute Gasteiger partial charge is 0.338 e. The SMILES string of the molecule is CN(C(=O)c1cnccc1NN)C1CCS(=O)(=O)C1. The van der Waals surface area contributed by atoms with Crippen LogP contribution in [-0.4, -0.2) is 48.8 Å². The van der Waals surface area contributed by atoms with Crippen LogP contribution >= 0.6 is 0 Å². The summed E-state index contributed by atoms with van der Waals surface area (Å²) in [5, 5.41) is 0. The number of nitrogen functional groups attached to an aromatic ring is 1. The van der Waals surface area contributed by atoms with Gasteiger partial charge in [0.1, 0.15) is 0 Å². The van der Waals surface area contributed by atoms with E-state index in [1.54, 1.807) is 13.1 Å². The van der Waals surface area contributed by atoms with Crippen molar-refractivity contribution in [1.29, 1.82) is 0 Å². The average molecular weight is 284 g/mol. The van der Waals surface area contributed by atoms with E-state index in [4.69, 9.17) is 5.84 Å². The van der Waals surface area contributed by atoms with Crippen molar-refractivity contribution in [3.8, 4) is 0 Å². The van der Waals surface area contributed by atoms with Crippen LogP contribution in [0.25, 0.3) is 0 Å². The topological polar surface area (TPSA) is 105 Å². The molecule has 19 heavy (non-hydrogen) atoms. The number of sulfone groups is 1. The van der Waals surface area contributed by atoms with Crippen LogP contribution in [0.3, 0.4) is 0 Å². The molecule has 1 aliphatic heterocycles. The molecule has 0 bridgehead atoms. The monoisotopic (exact) mass is 284 g/mol. The van der Waals surface area contributed by atoms with Crippen molar-refractivity contribution in [2.24, 2.45) is 5.84 Å². The number of hydrogen-bond acceptors (Lipinski definition) is 6. The number of nitrogens with two attached hydrogens (primary N) is 1. The summed E-state index contributed by atoms with van der Waals surface area (Å²) in [4.78, 5) is 17.7. The molecule has 1 unspecified atom stereocenters. The van der Waals surface area contributed by atoms with Crippen LogP contribution < -0.4 is 11.3 Å². The van der Waals surface area contributed by atoms with Crippen LogP contribution in [-0.2, 0) is 9.84 Å². The molecule has 104 valence electrons. The Morgan fingerprint density at radius 2 is 2.32 bits per heavy atom. The zero-order valence-corrected chi connectivity index (χ0v) is 11.4. The number of aromatic nitrogens is 1. The van der Waals surface area contributed by atoms with Crippen LogP contribution in [0.1, 0.15) is 16.8 Å². The maximum absolute atomic E-state index is 12.3. The molecule has 7 nitrogen and oxygen atoms in total. The molecule has 2 rings (SSSR count). The van der Waals surface area contributed by atoms with Gasteiger partial charge in [0, 0.05) is 25.5 Å². The molecule has 2 heterocycles. The molecular formula is C11H16N4O3S. The average Bonchev–Trinajstić information content (AvgIpc) is 2.77. The van der Waals surface area contributed by atoms with E-state index in [1.807, 2.05) is 0 Å². The summed E-state index contributed by atoms with van der Waals surface area (Å²) < 4.78 is 22.9. The molecule has 1 atom stereocenters. The fourth-order valence-corrected chi connectivity index (χ4v) is 3.90. The van der Waals surface area contributed by atoms with Crippen molar-refractivity contribution in [2.45, 2.75) is 12.5 Å². The summed E-state index contributed by atoms with van der Waals surface area (Å²) in [5.74, 6) is 5.20. The Balaban J connectivity index is 2.20. The molecule has 1 saturated heterocycles. The molecule has 3 N–H and O–H groups in total. The highest BCUT2D eigenvalue weighted by Crippen LogP contribution is 2.20. The number of pyridine rings is 1. The predicted molar refractivity (Wildman–Crippen MR) is 71.2 cm³/mol. The molecule has 1 aromatic rings. The maximum atomic E-state index is 12.3. The van der Waals surface area contributed by atoms with Crippen molar-refractivity contribution < 1.29 is 13.2 Å². The lowest BCUT2D eigenvalue weighted by Crippen LogP contribution is -2.38. The summed E-state index contributed by atoms with van der Waals surface area (Å²) in [6.45, 7) is 0. The Morgan fingerprint density at radius 3 is 2.89 bits per heavy atom. The van der Waals surface area contributed by atoms with Crippen molar-refractivity contribution >= 4 is 21.4 Å². The van der Waals surface area contributed by atoms with Gasteiger partial charge in [0.2, 0.25) is 0 Å². The molecule has 0 aromatic carbocycles. The molecule has 8 heteroatoms. The molecule has 0 aliphatic carbocycles. The van der Waals surface area contributed by atoms with Crippen LogP contribution in [0.4, 0.5) is 5.69 Å². The zero-order chi connectivity index (χ0) is 14.0. The Morgan fingerprint density at radius 1 is 1.58 bits per heavy atom. The van der Waals surface area contributed by atoms with E-state index in [-0.39, 0.29) is 23.5 Å². The van der Waals surface area contributed by atoms with E-state index < -0.39 is 9.84 Å². The third-order valence-corrected chi connectivity index (χ3v) is 5.03. The van der Waals surface area contributed by atoms with Crippen molar-refractivity contribution in [1.82, 2.24) is 9.88 Å². The third kappa shape index (κ3) is 2.85. The van der Waals surface area contributed by atoms with E-state index in [2.05, 4.69) is 10.4 Å². The second-order valence-electron chi connectivity index (χ2n) is 4.54. The lowest BCUT2D eigenvalue weighted by Gasteiger charge is -2.24. The van der Waals surface area contributed by atoms with Crippen molar-refractivity contribution in [3.63, 3.8) is 0 Å². The number of carbonyl (C=O) groups excluding carboxylic acids is 1. The second kappa shape index (κ2) is 5.14. The van der Waals surface area contributed by atoms with Gasteiger partial charge in [0.15, 0.2) is 9.84 Å². The Labute approximate surface area is 111 Å². The quantitative estimate of drug-likeness (QED) is 0.579. The number of nitrogens with zero attached hydrogens (tertiary/aromatic N) is 2. The van der Waals surface area contributed by atoms with E-state index in [0.717, 1.165) is 0 Å². The van der Waals surface area contributed by atoms with E-state index >= 15 is 0 Å². The Bertz CT molecular complexity index is 587. The first-order valence-corrected chi connectivity index (χ1v) is 7.65. The fraction of sp³-hybridized carbons (Fsp3) is 0.455. The number of carbonyl (C=O) groups is 1. The van der Waals surface area contributed by atoms with Crippen LogP contribution in [0, 0.1) is 0 Å². The van der Waals surface area contributed by atoms with Gasteiger partial charge in [-0.2, -0.15) is 0 Å². The van der Waals surface area contributed by atoms with Crippen LogP contribution in [0.2, 0.25) is 0 Å². The smallest absolute Gasteiger partial charge is 0.257 e. The number of hydrazine groups is 1. The first-order chi connectivity index (χ1) is 8.94. The van der Waals surface area contributed by atoms with Gasteiger partial charge in [-0.1, -0.05) is 0 Å². The van der Waals surface area contributed by atoms with Gasteiger partial charge >= 0.3 is 0 Å². The lowest BCUT2D eigenvalue weighted by atomic mass is 10.1. The molecular weight excluding hydrogens is 268 g/mol. The van der Waals surface area contributed by atoms with Gasteiger partial charge < -0.3 is 10.3 Å². The summed E-state index contributed by atoms with van der Waals surface area (Å²) in [6, 6.07) is 1.30. The lowest BCUT2D eigenvalue weighted by molar-refractivity contribution is 0.0748. The molecule has 0 saturated carbocycles. The summed E-state index contributed by atoms with van der Waals surface area (Å²) in [7, 11) is -1.42. The zero-order valence-electron chi connectivity index (χ0n) is 10.5. The van der Waals surface area contributed by atoms with Gasteiger partial charge in [-0.05, 0) is 12.5 Å². The number of rotatable bonds is 3. The molecule has 0 spiro atoms. The van der Waals surface area contributed by atoms with E-state index in [0.29, 0.717) is 17.7 Å². The van der Waals surface area contributed by atoms with Crippen molar-refractivity contribution in [2.75, 3.05) is 24.0 Å². The number of hydrogen-bond donors (Lipinski definition) is 2. The summed E-state index contributed by atoms with van der Waals surface area (Å²) in [6.07, 6.45) is 3.40. The third-order valence-electron chi connectivity index (χ3n) is 3.28. The molecule has 1 fully saturated rings. The van der Waals surface area contributed by atoms with Crippen molar-refractivity contribution in [3.05, 3.63) is 24.0 Å². The minimum Gasteiger partial charge on any atom is -0.338 e. The predicted octanol–water partition coefficient (Wildman–Crippen LogP) is -0.374. The fourth-order valence-electron chi connectivity index (χ4n) is 2.13. The second-order valence-corrected chi connectivity index (χ2v) is 6.77. The highest BCUT2D eigenvalue weighted by molar-refractivity contribution is 7.91. The van der Waals surface area contributed by atoms with Gasteiger partial charge in [0.05, 0.1) is 22.8 Å². The Hall–Kier alpha value is -1.67. The van der Waals surface area contributed by atoms with E-state index in [9.17, 15) is 13.2 Å². The highest BCUT2D eigenvalue weighted by Gasteiger charge is 2.33. The molecule has 1 aliphatic rings. The number of nitrogens with one attached hydrogen (secondary N) is 1. The molecule has 1 amide bonds.